The quantitative estimate of drug-likeness (QED) is 0.769. The van der Waals surface area contributed by atoms with Crippen molar-refractivity contribution in [3.05, 3.63) is 46.1 Å². The van der Waals surface area contributed by atoms with Crippen LogP contribution in [-0.4, -0.2) is 21.9 Å². The number of rotatable bonds is 4. The number of aromatic amines is 1. The molecule has 0 unspecified atom stereocenters. The lowest BCUT2D eigenvalue weighted by Gasteiger charge is -2.35. The summed E-state index contributed by atoms with van der Waals surface area (Å²) in [6.07, 6.45) is 0. The van der Waals surface area contributed by atoms with Crippen LogP contribution in [-0.2, 0) is 4.79 Å². The molecule has 2 aromatic rings. The Morgan fingerprint density at radius 2 is 1.96 bits per heavy atom. The van der Waals surface area contributed by atoms with Gasteiger partial charge in [0.25, 0.3) is 0 Å². The minimum atomic E-state index is -0.951. The number of ketones is 1. The van der Waals surface area contributed by atoms with Gasteiger partial charge in [-0.15, -0.1) is 0 Å². The molecule has 142 valence electrons. The van der Waals surface area contributed by atoms with Gasteiger partial charge in [0.05, 0.1) is 28.0 Å². The zero-order valence-corrected chi connectivity index (χ0v) is 16.9. The molecule has 1 aliphatic rings. The molecule has 7 heteroatoms. The average Bonchev–Trinajstić information content (AvgIpc) is 2.96. The summed E-state index contributed by atoms with van der Waals surface area (Å²) in [5.41, 5.74) is 1.69. The van der Waals surface area contributed by atoms with E-state index in [9.17, 15) is 20.1 Å². The van der Waals surface area contributed by atoms with E-state index >= 15 is 0 Å². The lowest BCUT2D eigenvalue weighted by Crippen LogP contribution is -2.45. The van der Waals surface area contributed by atoms with Crippen molar-refractivity contribution in [2.24, 2.45) is 11.3 Å². The number of nitrogens with one attached hydrogen (secondary N) is 2. The summed E-state index contributed by atoms with van der Waals surface area (Å²) in [5, 5.41) is 22.3. The molecule has 6 nitrogen and oxygen atoms in total. The molecule has 1 amide bonds. The molecule has 0 bridgehead atoms. The number of thioether (sulfide) groups is 1. The highest BCUT2D eigenvalue weighted by molar-refractivity contribution is 8.04. The van der Waals surface area contributed by atoms with Crippen LogP contribution in [0.4, 0.5) is 0 Å². The molecule has 1 aliphatic heterocycles. The number of hydrogen-bond donors (Lipinski definition) is 2. The molecular formula is C21H20N4O2S. The van der Waals surface area contributed by atoms with E-state index in [1.54, 1.807) is 20.8 Å². The van der Waals surface area contributed by atoms with Crippen LogP contribution in [0.3, 0.4) is 0 Å². The lowest BCUT2D eigenvalue weighted by molar-refractivity contribution is -0.125. The first-order chi connectivity index (χ1) is 13.2. The second-order valence-electron chi connectivity index (χ2n) is 7.38. The average molecular weight is 392 g/mol. The zero-order valence-electron chi connectivity index (χ0n) is 16.1. The van der Waals surface area contributed by atoms with Gasteiger partial charge in [0.2, 0.25) is 5.91 Å². The summed E-state index contributed by atoms with van der Waals surface area (Å²) in [6, 6.07) is 11.7. The highest BCUT2D eigenvalue weighted by atomic mass is 32.2. The molecular weight excluding hydrogens is 372 g/mol. The number of benzene rings is 1. The number of aromatic nitrogens is 1. The van der Waals surface area contributed by atoms with Crippen LogP contribution in [0.2, 0.25) is 0 Å². The van der Waals surface area contributed by atoms with Gasteiger partial charge < -0.3 is 10.3 Å². The third-order valence-electron chi connectivity index (χ3n) is 5.14. The summed E-state index contributed by atoms with van der Waals surface area (Å²) in [4.78, 5) is 28.7. The number of H-pyrrole nitrogens is 1. The van der Waals surface area contributed by atoms with Gasteiger partial charge in [-0.1, -0.05) is 43.8 Å². The number of Topliss-reactive ketones (excluding diaryl/α,β-unsaturated/α-hetero) is 1. The first-order valence-corrected chi connectivity index (χ1v) is 9.73. The predicted octanol–water partition coefficient (Wildman–Crippen LogP) is 3.81. The van der Waals surface area contributed by atoms with Crippen molar-refractivity contribution >= 4 is 34.4 Å². The molecule has 28 heavy (non-hydrogen) atoms. The topological polar surface area (TPSA) is 110 Å². The van der Waals surface area contributed by atoms with Crippen LogP contribution in [0, 0.1) is 40.9 Å². The number of carbonyl (C=O) groups is 2. The van der Waals surface area contributed by atoms with Crippen LogP contribution in [0.25, 0.3) is 10.9 Å². The fraction of sp³-hybridized carbons (Fsp3) is 0.333. The van der Waals surface area contributed by atoms with Gasteiger partial charge >= 0.3 is 0 Å². The van der Waals surface area contributed by atoms with E-state index in [0.29, 0.717) is 16.2 Å². The molecule has 0 fully saturated rings. The summed E-state index contributed by atoms with van der Waals surface area (Å²) >= 11 is 1.15. The first-order valence-electron chi connectivity index (χ1n) is 8.85. The summed E-state index contributed by atoms with van der Waals surface area (Å²) < 4.78 is 0. The Hall–Kier alpha value is -3.03. The molecule has 1 aromatic heterocycles. The minimum absolute atomic E-state index is 0.0841. The fourth-order valence-corrected chi connectivity index (χ4v) is 4.71. The van der Waals surface area contributed by atoms with Crippen molar-refractivity contribution in [2.45, 2.75) is 32.9 Å². The maximum atomic E-state index is 13.2. The van der Waals surface area contributed by atoms with Crippen LogP contribution < -0.4 is 5.32 Å². The normalized spacial score (nSPS) is 19.6. The Balaban J connectivity index is 1.97. The van der Waals surface area contributed by atoms with E-state index in [1.165, 1.54) is 0 Å². The number of hydrogen-bond acceptors (Lipinski definition) is 5. The van der Waals surface area contributed by atoms with E-state index in [4.69, 9.17) is 0 Å². The minimum Gasteiger partial charge on any atom is -0.358 e. The molecule has 0 spiro atoms. The summed E-state index contributed by atoms with van der Waals surface area (Å²) in [6.45, 7) is 7.02. The molecule has 0 saturated carbocycles. The van der Waals surface area contributed by atoms with E-state index < -0.39 is 22.5 Å². The van der Waals surface area contributed by atoms with Crippen molar-refractivity contribution in [2.75, 3.05) is 0 Å². The molecule has 0 aliphatic carbocycles. The molecule has 2 heterocycles. The molecule has 0 saturated heterocycles. The highest BCUT2D eigenvalue weighted by Gasteiger charge is 2.45. The Morgan fingerprint density at radius 3 is 2.61 bits per heavy atom. The number of fused-ring (bicyclic) bond motifs is 1. The molecule has 3 rings (SSSR count). The van der Waals surface area contributed by atoms with Crippen LogP contribution in [0.15, 0.2) is 34.9 Å². The van der Waals surface area contributed by atoms with Gasteiger partial charge in [-0.05, 0) is 19.9 Å². The van der Waals surface area contributed by atoms with Crippen LogP contribution in [0.5, 0.6) is 0 Å². The van der Waals surface area contributed by atoms with Gasteiger partial charge in [-0.2, -0.15) is 10.5 Å². The standard InChI is InChI=1S/C21H20N4O2S/c1-11-17(13-7-5-6-8-16(13)24-11)18(26)12(2)28-20-15(10-23)21(3,4)14(9-22)19(27)25-20/h5-8,12,14,24H,1-4H3,(H,25,27)/t12-,14+/m0/s1. The molecule has 1 aromatic carbocycles. The fourth-order valence-electron chi connectivity index (χ4n) is 3.54. The van der Waals surface area contributed by atoms with Crippen LogP contribution in [0.1, 0.15) is 36.8 Å². The number of nitriles is 2. The van der Waals surface area contributed by atoms with Crippen molar-refractivity contribution in [1.29, 1.82) is 10.5 Å². The first kappa shape index (κ1) is 19.7. The monoisotopic (exact) mass is 392 g/mol. The molecule has 0 radical (unpaired) electrons. The van der Waals surface area contributed by atoms with E-state index in [2.05, 4.69) is 16.4 Å². The van der Waals surface area contributed by atoms with Crippen molar-refractivity contribution in [3.8, 4) is 12.1 Å². The molecule has 2 atom stereocenters. The number of para-hydroxylation sites is 1. The zero-order chi connectivity index (χ0) is 20.6. The maximum absolute atomic E-state index is 13.2. The predicted molar refractivity (Wildman–Crippen MR) is 108 cm³/mol. The van der Waals surface area contributed by atoms with E-state index in [1.807, 2.05) is 37.3 Å². The van der Waals surface area contributed by atoms with E-state index in [0.717, 1.165) is 28.4 Å². The van der Waals surface area contributed by atoms with Crippen molar-refractivity contribution < 1.29 is 9.59 Å². The Kier molecular flexibility index (Phi) is 5.06. The SMILES string of the molecule is Cc1[nH]c2ccccc2c1C(=O)[C@H](C)SC1=C(C#N)C(C)(C)[C@H](C#N)C(=O)N1. The second-order valence-corrected chi connectivity index (χ2v) is 8.73. The second kappa shape index (κ2) is 7.18. The van der Waals surface area contributed by atoms with Gasteiger partial charge in [0, 0.05) is 27.6 Å². The lowest BCUT2D eigenvalue weighted by atomic mass is 9.72. The number of nitrogens with zero attached hydrogens (tertiary/aromatic N) is 2. The Morgan fingerprint density at radius 1 is 1.29 bits per heavy atom. The van der Waals surface area contributed by atoms with Gasteiger partial charge in [-0.3, -0.25) is 9.59 Å². The number of amides is 1. The largest absolute Gasteiger partial charge is 0.358 e. The van der Waals surface area contributed by atoms with E-state index in [-0.39, 0.29) is 5.78 Å². The Bertz CT molecular complexity index is 1100. The third-order valence-corrected chi connectivity index (χ3v) is 6.25. The smallest absolute Gasteiger partial charge is 0.243 e. The number of allylic oxidation sites excluding steroid dienone is 1. The van der Waals surface area contributed by atoms with Gasteiger partial charge in [-0.25, -0.2) is 0 Å². The number of carbonyl (C=O) groups excluding carboxylic acids is 2. The van der Waals surface area contributed by atoms with Crippen molar-refractivity contribution in [1.82, 2.24) is 10.3 Å². The third kappa shape index (κ3) is 3.08. The highest BCUT2D eigenvalue weighted by Crippen LogP contribution is 2.43. The molecule has 2 N–H and O–H groups in total. The Labute approximate surface area is 167 Å². The van der Waals surface area contributed by atoms with Crippen molar-refractivity contribution in [3.63, 3.8) is 0 Å². The van der Waals surface area contributed by atoms with Crippen LogP contribution >= 0.6 is 11.8 Å². The van der Waals surface area contributed by atoms with Gasteiger partial charge in [0.15, 0.2) is 5.78 Å². The number of aryl methyl sites for hydroxylation is 1. The summed E-state index contributed by atoms with van der Waals surface area (Å²) in [5.74, 6) is -1.48. The van der Waals surface area contributed by atoms with Gasteiger partial charge in [0.1, 0.15) is 5.92 Å². The maximum Gasteiger partial charge on any atom is 0.243 e. The summed E-state index contributed by atoms with van der Waals surface area (Å²) in [7, 11) is 0.